The van der Waals surface area contributed by atoms with Crippen LogP contribution in [0.2, 0.25) is 0 Å². The topological polar surface area (TPSA) is 36.7 Å². The minimum absolute atomic E-state index is 0.0246. The van der Waals surface area contributed by atoms with Gasteiger partial charge in [-0.2, -0.15) is 5.26 Å². The van der Waals surface area contributed by atoms with Crippen LogP contribution in [0, 0.1) is 11.3 Å². The molecule has 0 spiro atoms. The summed E-state index contributed by atoms with van der Waals surface area (Å²) in [4.78, 5) is 3.59. The molecule has 1 heterocycles. The Kier molecular flexibility index (Phi) is 2.71. The summed E-state index contributed by atoms with van der Waals surface area (Å²) in [7, 11) is 0. The van der Waals surface area contributed by atoms with Crippen LogP contribution in [0.15, 0.2) is 16.7 Å². The van der Waals surface area contributed by atoms with Gasteiger partial charge in [0.15, 0.2) is 0 Å². The van der Waals surface area contributed by atoms with E-state index in [-0.39, 0.29) is 15.9 Å². The lowest BCUT2D eigenvalue weighted by Crippen LogP contribution is -1.91. The van der Waals surface area contributed by atoms with Crippen LogP contribution in [0.3, 0.4) is 0 Å². The number of alkyl halides is 2. The molecule has 5 heteroatoms. The molecule has 0 saturated heterocycles. The van der Waals surface area contributed by atoms with Crippen LogP contribution in [0.1, 0.15) is 17.7 Å². The first kappa shape index (κ1) is 9.07. The maximum absolute atomic E-state index is 12.1. The van der Waals surface area contributed by atoms with E-state index in [1.165, 1.54) is 12.1 Å². The van der Waals surface area contributed by atoms with E-state index in [9.17, 15) is 8.78 Å². The zero-order valence-electron chi connectivity index (χ0n) is 5.76. The molecule has 0 bridgehead atoms. The Balaban J connectivity index is 3.14. The molecule has 0 N–H and O–H groups in total. The second-order valence-electron chi connectivity index (χ2n) is 1.99. The van der Waals surface area contributed by atoms with Gasteiger partial charge in [0.05, 0.1) is 5.56 Å². The highest BCUT2D eigenvalue weighted by Gasteiger charge is 2.12. The van der Waals surface area contributed by atoms with Crippen LogP contribution < -0.4 is 0 Å². The predicted octanol–water partition coefficient (Wildman–Crippen LogP) is 2.65. The van der Waals surface area contributed by atoms with Crippen LogP contribution >= 0.6 is 15.9 Å². The fraction of sp³-hybridized carbons (Fsp3) is 0.143. The molecule has 62 valence electrons. The van der Waals surface area contributed by atoms with E-state index in [1.54, 1.807) is 6.07 Å². The first-order chi connectivity index (χ1) is 5.65. The molecular formula is C7H3BrF2N2. The number of pyridine rings is 1. The van der Waals surface area contributed by atoms with Crippen LogP contribution in [-0.4, -0.2) is 4.98 Å². The van der Waals surface area contributed by atoms with Crippen molar-refractivity contribution in [1.82, 2.24) is 4.98 Å². The third-order valence-corrected chi connectivity index (χ3v) is 1.86. The van der Waals surface area contributed by atoms with Crippen molar-refractivity contribution >= 4 is 15.9 Å². The van der Waals surface area contributed by atoms with Crippen LogP contribution in [0.4, 0.5) is 8.78 Å². The highest BCUT2D eigenvalue weighted by Crippen LogP contribution is 2.25. The predicted molar refractivity (Wildman–Crippen MR) is 41.6 cm³/mol. The quantitative estimate of drug-likeness (QED) is 0.699. The monoisotopic (exact) mass is 232 g/mol. The fourth-order valence-corrected chi connectivity index (χ4v) is 1.17. The minimum atomic E-state index is -2.57. The van der Waals surface area contributed by atoms with Crippen molar-refractivity contribution in [2.45, 2.75) is 6.43 Å². The molecule has 0 amide bonds. The molecule has 0 aliphatic carbocycles. The average molecular weight is 233 g/mol. The molecular weight excluding hydrogens is 230 g/mol. The maximum Gasteiger partial charge on any atom is 0.266 e. The summed E-state index contributed by atoms with van der Waals surface area (Å²) < 4.78 is 24.2. The molecule has 1 aromatic heterocycles. The van der Waals surface area contributed by atoms with Gasteiger partial charge in [-0.05, 0) is 28.1 Å². The van der Waals surface area contributed by atoms with Crippen molar-refractivity contribution in [1.29, 1.82) is 5.26 Å². The summed E-state index contributed by atoms with van der Waals surface area (Å²) in [6.45, 7) is 0. The van der Waals surface area contributed by atoms with Gasteiger partial charge in [0, 0.05) is 0 Å². The Bertz CT molecular complexity index is 333. The first-order valence-corrected chi connectivity index (χ1v) is 3.79. The summed E-state index contributed by atoms with van der Waals surface area (Å²) in [5, 5.41) is 8.37. The number of hydrogen-bond acceptors (Lipinski definition) is 2. The normalized spacial score (nSPS) is 9.92. The van der Waals surface area contributed by atoms with E-state index in [1.807, 2.05) is 0 Å². The van der Waals surface area contributed by atoms with Gasteiger partial charge in [-0.1, -0.05) is 0 Å². The van der Waals surface area contributed by atoms with Crippen molar-refractivity contribution in [3.05, 3.63) is 28.0 Å². The molecule has 0 aromatic carbocycles. The molecule has 0 saturated carbocycles. The highest BCUT2D eigenvalue weighted by molar-refractivity contribution is 9.10. The Morgan fingerprint density at radius 1 is 1.50 bits per heavy atom. The van der Waals surface area contributed by atoms with Crippen LogP contribution in [-0.2, 0) is 0 Å². The van der Waals surface area contributed by atoms with Gasteiger partial charge >= 0.3 is 0 Å². The van der Waals surface area contributed by atoms with E-state index in [0.29, 0.717) is 0 Å². The summed E-state index contributed by atoms with van der Waals surface area (Å²) in [6, 6.07) is 4.18. The molecule has 12 heavy (non-hydrogen) atoms. The molecule has 2 nitrogen and oxygen atoms in total. The Labute approximate surface area is 76.0 Å². The Hall–Kier alpha value is -1.02. The summed E-state index contributed by atoms with van der Waals surface area (Å²) in [5.41, 5.74) is -0.0831. The first-order valence-electron chi connectivity index (χ1n) is 3.00. The van der Waals surface area contributed by atoms with Crippen molar-refractivity contribution in [3.63, 3.8) is 0 Å². The van der Waals surface area contributed by atoms with E-state index in [2.05, 4.69) is 20.9 Å². The number of hydrogen-bond donors (Lipinski definition) is 0. The second kappa shape index (κ2) is 3.59. The van der Waals surface area contributed by atoms with Crippen molar-refractivity contribution in [3.8, 4) is 6.07 Å². The lowest BCUT2D eigenvalue weighted by Gasteiger charge is -2.00. The average Bonchev–Trinajstić information content (AvgIpc) is 2.03. The van der Waals surface area contributed by atoms with E-state index in [0.717, 1.165) is 0 Å². The van der Waals surface area contributed by atoms with Gasteiger partial charge in [0.1, 0.15) is 16.4 Å². The third kappa shape index (κ3) is 1.77. The fourth-order valence-electron chi connectivity index (χ4n) is 0.670. The zero-order valence-corrected chi connectivity index (χ0v) is 7.35. The number of halogens is 3. The zero-order chi connectivity index (χ0) is 9.14. The molecule has 0 aliphatic heterocycles. The van der Waals surface area contributed by atoms with E-state index in [4.69, 9.17) is 5.26 Å². The van der Waals surface area contributed by atoms with Crippen LogP contribution in [0.25, 0.3) is 0 Å². The summed E-state index contributed by atoms with van der Waals surface area (Å²) in [5.74, 6) is 0. The van der Waals surface area contributed by atoms with Crippen molar-refractivity contribution < 1.29 is 8.78 Å². The lowest BCUT2D eigenvalue weighted by atomic mass is 10.2. The minimum Gasteiger partial charge on any atom is -0.230 e. The molecule has 0 radical (unpaired) electrons. The molecule has 1 rings (SSSR count). The second-order valence-corrected chi connectivity index (χ2v) is 2.74. The van der Waals surface area contributed by atoms with Gasteiger partial charge in [-0.25, -0.2) is 13.8 Å². The number of rotatable bonds is 1. The van der Waals surface area contributed by atoms with Crippen molar-refractivity contribution in [2.75, 3.05) is 0 Å². The molecule has 0 aliphatic rings. The Morgan fingerprint density at radius 3 is 2.58 bits per heavy atom. The van der Waals surface area contributed by atoms with Gasteiger partial charge < -0.3 is 0 Å². The standard InChI is InChI=1S/C7H3BrF2N2/c8-6-5(7(9)10)2-1-4(3-11)12-6/h1-2,7H. The van der Waals surface area contributed by atoms with E-state index >= 15 is 0 Å². The summed E-state index contributed by atoms with van der Waals surface area (Å²) >= 11 is 2.85. The summed E-state index contributed by atoms with van der Waals surface area (Å²) in [6.07, 6.45) is -2.57. The van der Waals surface area contributed by atoms with E-state index < -0.39 is 6.43 Å². The largest absolute Gasteiger partial charge is 0.266 e. The number of nitriles is 1. The molecule has 0 fully saturated rings. The van der Waals surface area contributed by atoms with Crippen LogP contribution in [0.5, 0.6) is 0 Å². The Morgan fingerprint density at radius 2 is 2.17 bits per heavy atom. The number of aromatic nitrogens is 1. The smallest absolute Gasteiger partial charge is 0.230 e. The third-order valence-electron chi connectivity index (χ3n) is 1.23. The molecule has 1 aromatic rings. The molecule has 0 unspecified atom stereocenters. The maximum atomic E-state index is 12.1. The SMILES string of the molecule is N#Cc1ccc(C(F)F)c(Br)n1. The lowest BCUT2D eigenvalue weighted by molar-refractivity contribution is 0.150. The van der Waals surface area contributed by atoms with Gasteiger partial charge in [-0.3, -0.25) is 0 Å². The van der Waals surface area contributed by atoms with Crippen molar-refractivity contribution in [2.24, 2.45) is 0 Å². The van der Waals surface area contributed by atoms with Gasteiger partial charge in [-0.15, -0.1) is 0 Å². The highest BCUT2D eigenvalue weighted by atomic mass is 79.9. The molecule has 0 atom stereocenters. The van der Waals surface area contributed by atoms with Gasteiger partial charge in [0.2, 0.25) is 0 Å². The number of nitrogens with zero attached hydrogens (tertiary/aromatic N) is 2. The van der Waals surface area contributed by atoms with Gasteiger partial charge in [0.25, 0.3) is 6.43 Å².